The molecule has 1 heterocycles. The van der Waals surface area contributed by atoms with Gasteiger partial charge in [-0.3, -0.25) is 4.79 Å². The molecule has 0 radical (unpaired) electrons. The Kier molecular flexibility index (Phi) is 6.28. The van der Waals surface area contributed by atoms with Crippen molar-refractivity contribution in [2.75, 3.05) is 12.4 Å². The lowest BCUT2D eigenvalue weighted by Gasteiger charge is -2.10. The Morgan fingerprint density at radius 1 is 0.971 bits per heavy atom. The van der Waals surface area contributed by atoms with Crippen LogP contribution in [0.25, 0.3) is 22.5 Å². The predicted molar refractivity (Wildman–Crippen MR) is 133 cm³/mol. The molecule has 1 aromatic heterocycles. The molecule has 168 valence electrons. The van der Waals surface area contributed by atoms with Crippen molar-refractivity contribution in [1.29, 1.82) is 5.26 Å². The molecule has 0 saturated heterocycles. The quantitative estimate of drug-likeness (QED) is 0.245. The Morgan fingerprint density at radius 2 is 1.68 bits per heavy atom. The molecule has 0 fully saturated rings. The highest BCUT2D eigenvalue weighted by Crippen LogP contribution is 2.24. The molecule has 3 aromatic carbocycles. The van der Waals surface area contributed by atoms with Gasteiger partial charge >= 0.3 is 5.97 Å². The maximum atomic E-state index is 12.8. The third-order valence-electron chi connectivity index (χ3n) is 5.69. The van der Waals surface area contributed by atoms with Crippen LogP contribution in [-0.4, -0.2) is 23.6 Å². The Balaban J connectivity index is 1.61. The van der Waals surface area contributed by atoms with Crippen LogP contribution in [0.2, 0.25) is 0 Å². The van der Waals surface area contributed by atoms with Gasteiger partial charge in [0.25, 0.3) is 5.91 Å². The first-order valence-corrected chi connectivity index (χ1v) is 10.7. The van der Waals surface area contributed by atoms with Crippen molar-refractivity contribution in [1.82, 2.24) is 4.57 Å². The number of nitrogens with zero attached hydrogens (tertiary/aromatic N) is 2. The number of esters is 1. The minimum atomic E-state index is -0.468. The fraction of sp³-hybridized carbons (Fsp3) is 0.107. The molecule has 0 aliphatic carbocycles. The number of anilines is 1. The maximum absolute atomic E-state index is 12.8. The van der Waals surface area contributed by atoms with Gasteiger partial charge in [-0.05, 0) is 78.7 Å². The fourth-order valence-corrected chi connectivity index (χ4v) is 3.97. The second-order valence-electron chi connectivity index (χ2n) is 7.89. The van der Waals surface area contributed by atoms with Crippen molar-refractivity contribution < 1.29 is 14.3 Å². The molecule has 1 N–H and O–H groups in total. The van der Waals surface area contributed by atoms with Gasteiger partial charge in [0.05, 0.1) is 12.7 Å². The third kappa shape index (κ3) is 4.45. The summed E-state index contributed by atoms with van der Waals surface area (Å²) in [6.45, 7) is 3.86. The number of aryl methyl sites for hydroxylation is 1. The number of benzene rings is 3. The van der Waals surface area contributed by atoms with Crippen molar-refractivity contribution in [3.8, 4) is 11.8 Å². The number of nitrogens with one attached hydrogen (secondary N) is 1. The lowest BCUT2D eigenvalue weighted by atomic mass is 10.1. The van der Waals surface area contributed by atoms with Gasteiger partial charge in [0.1, 0.15) is 11.6 Å². The molecule has 0 bridgehead atoms. The van der Waals surface area contributed by atoms with Gasteiger partial charge in [0, 0.05) is 22.8 Å². The van der Waals surface area contributed by atoms with E-state index in [9.17, 15) is 14.9 Å². The molecule has 4 rings (SSSR count). The van der Waals surface area contributed by atoms with E-state index in [1.54, 1.807) is 18.2 Å². The summed E-state index contributed by atoms with van der Waals surface area (Å²) in [4.78, 5) is 24.5. The first-order chi connectivity index (χ1) is 16.4. The summed E-state index contributed by atoms with van der Waals surface area (Å²) in [6, 6.07) is 24.5. The van der Waals surface area contributed by atoms with Gasteiger partial charge in [-0.25, -0.2) is 4.79 Å². The van der Waals surface area contributed by atoms with Crippen LogP contribution in [0.3, 0.4) is 0 Å². The highest BCUT2D eigenvalue weighted by atomic mass is 16.5. The van der Waals surface area contributed by atoms with E-state index in [2.05, 4.69) is 5.32 Å². The number of carbonyl (C=O) groups excluding carboxylic acids is 2. The average molecular weight is 450 g/mol. The van der Waals surface area contributed by atoms with Gasteiger partial charge in [0.2, 0.25) is 0 Å². The molecular formula is C28H23N3O3. The first kappa shape index (κ1) is 22.6. The third-order valence-corrected chi connectivity index (χ3v) is 5.69. The number of hydrogen-bond donors (Lipinski definition) is 1. The molecule has 34 heavy (non-hydrogen) atoms. The fourth-order valence-electron chi connectivity index (χ4n) is 3.97. The highest BCUT2D eigenvalue weighted by Gasteiger charge is 2.15. The Labute approximate surface area is 197 Å². The second kappa shape index (κ2) is 9.47. The molecule has 0 atom stereocenters. The number of hydrogen-bond acceptors (Lipinski definition) is 4. The highest BCUT2D eigenvalue weighted by molar-refractivity contribution is 6.10. The van der Waals surface area contributed by atoms with E-state index < -0.39 is 11.9 Å². The number of amides is 1. The van der Waals surface area contributed by atoms with Gasteiger partial charge in [-0.15, -0.1) is 0 Å². The molecule has 0 aliphatic heterocycles. The molecule has 0 unspecified atom stereocenters. The van der Waals surface area contributed by atoms with Gasteiger partial charge in [-0.1, -0.05) is 30.3 Å². The minimum absolute atomic E-state index is 0.00875. The Hall–Kier alpha value is -4.63. The van der Waals surface area contributed by atoms with E-state index in [4.69, 9.17) is 4.74 Å². The van der Waals surface area contributed by atoms with E-state index in [1.165, 1.54) is 7.11 Å². The summed E-state index contributed by atoms with van der Waals surface area (Å²) < 4.78 is 6.76. The van der Waals surface area contributed by atoms with Crippen LogP contribution in [0, 0.1) is 25.2 Å². The maximum Gasteiger partial charge on any atom is 0.337 e. The largest absolute Gasteiger partial charge is 0.465 e. The van der Waals surface area contributed by atoms with Crippen molar-refractivity contribution in [2.45, 2.75) is 13.8 Å². The smallest absolute Gasteiger partial charge is 0.337 e. The number of fused-ring (bicyclic) bond motifs is 1. The summed E-state index contributed by atoms with van der Waals surface area (Å²) in [7, 11) is 1.35. The minimum Gasteiger partial charge on any atom is -0.465 e. The van der Waals surface area contributed by atoms with E-state index in [0.717, 1.165) is 33.4 Å². The van der Waals surface area contributed by atoms with Gasteiger partial charge in [0.15, 0.2) is 0 Å². The monoisotopic (exact) mass is 449 g/mol. The second-order valence-corrected chi connectivity index (χ2v) is 7.89. The molecule has 0 aliphatic rings. The summed E-state index contributed by atoms with van der Waals surface area (Å²) in [5.74, 6) is -0.864. The van der Waals surface area contributed by atoms with Crippen molar-refractivity contribution in [2.24, 2.45) is 0 Å². The molecular weight excluding hydrogens is 426 g/mol. The number of rotatable bonds is 5. The van der Waals surface area contributed by atoms with E-state index in [1.807, 2.05) is 85.1 Å². The van der Waals surface area contributed by atoms with Crippen molar-refractivity contribution >= 4 is 34.4 Å². The van der Waals surface area contributed by atoms with Crippen LogP contribution >= 0.6 is 0 Å². The molecule has 4 aromatic rings. The lowest BCUT2D eigenvalue weighted by molar-refractivity contribution is -0.112. The van der Waals surface area contributed by atoms with E-state index in [-0.39, 0.29) is 5.57 Å². The summed E-state index contributed by atoms with van der Waals surface area (Å²) in [5.41, 5.74) is 4.53. The van der Waals surface area contributed by atoms with Crippen molar-refractivity contribution in [3.63, 3.8) is 0 Å². The van der Waals surface area contributed by atoms with Crippen LogP contribution in [-0.2, 0) is 9.53 Å². The lowest BCUT2D eigenvalue weighted by Crippen LogP contribution is -2.13. The number of methoxy groups -OCH3 is 1. The zero-order chi connectivity index (χ0) is 24.2. The topological polar surface area (TPSA) is 84.1 Å². The molecule has 0 saturated carbocycles. The molecule has 6 heteroatoms. The van der Waals surface area contributed by atoms with Gasteiger partial charge in [-0.2, -0.15) is 5.26 Å². The van der Waals surface area contributed by atoms with Gasteiger partial charge < -0.3 is 14.6 Å². The SMILES string of the molecule is COC(=O)c1ccc(-n2c(C)cc(C=C(C#N)C(=O)Nc3ccc4ccccc4c3)c2C)cc1. The zero-order valence-corrected chi connectivity index (χ0v) is 19.1. The summed E-state index contributed by atoms with van der Waals surface area (Å²) >= 11 is 0. The summed E-state index contributed by atoms with van der Waals surface area (Å²) in [6.07, 6.45) is 1.60. The molecule has 1 amide bonds. The van der Waals surface area contributed by atoms with Crippen molar-refractivity contribution in [3.05, 3.63) is 101 Å². The van der Waals surface area contributed by atoms with E-state index in [0.29, 0.717) is 11.3 Å². The predicted octanol–water partition coefficient (Wildman–Crippen LogP) is 5.58. The standard InChI is InChI=1S/C28H23N3O3/c1-18-14-23(19(2)31(18)26-12-9-21(10-13-26)28(33)34-3)15-24(17-29)27(32)30-25-11-8-20-6-4-5-7-22(20)16-25/h4-16H,1-3H3,(H,30,32). The number of nitriles is 1. The Morgan fingerprint density at radius 3 is 2.35 bits per heavy atom. The van der Waals surface area contributed by atoms with Crippen LogP contribution in [0.1, 0.15) is 27.3 Å². The molecule has 6 nitrogen and oxygen atoms in total. The Bertz CT molecular complexity index is 1470. The van der Waals surface area contributed by atoms with Crippen LogP contribution in [0.15, 0.2) is 78.4 Å². The van der Waals surface area contributed by atoms with E-state index >= 15 is 0 Å². The van der Waals surface area contributed by atoms with Crippen LogP contribution in [0.4, 0.5) is 5.69 Å². The average Bonchev–Trinajstić information content (AvgIpc) is 3.14. The summed E-state index contributed by atoms with van der Waals surface area (Å²) in [5, 5.41) is 14.6. The number of aromatic nitrogens is 1. The molecule has 0 spiro atoms. The van der Waals surface area contributed by atoms with Crippen LogP contribution in [0.5, 0.6) is 0 Å². The first-order valence-electron chi connectivity index (χ1n) is 10.7. The van der Waals surface area contributed by atoms with Crippen LogP contribution < -0.4 is 5.32 Å². The number of ether oxygens (including phenoxy) is 1. The number of carbonyl (C=O) groups is 2. The normalized spacial score (nSPS) is 11.2. The zero-order valence-electron chi connectivity index (χ0n) is 19.1.